The summed E-state index contributed by atoms with van der Waals surface area (Å²) in [6.45, 7) is 2.02. The number of fused-ring (bicyclic) bond motifs is 2. The van der Waals surface area contributed by atoms with E-state index in [1.807, 2.05) is 35.2 Å². The number of likely N-dealkylation sites (tertiary alicyclic amines) is 1. The van der Waals surface area contributed by atoms with Gasteiger partial charge in [0.25, 0.3) is 5.91 Å². The van der Waals surface area contributed by atoms with E-state index in [0.717, 1.165) is 53.5 Å². The molecule has 1 atom stereocenters. The topological polar surface area (TPSA) is 67.9 Å². The largest absolute Gasteiger partial charge is 0.490 e. The van der Waals surface area contributed by atoms with Crippen LogP contribution in [0.15, 0.2) is 41.3 Å². The van der Waals surface area contributed by atoms with Crippen LogP contribution in [0.5, 0.6) is 11.5 Å². The molecule has 2 aromatic carbocycles. The van der Waals surface area contributed by atoms with E-state index in [-0.39, 0.29) is 17.9 Å². The van der Waals surface area contributed by atoms with Crippen LogP contribution in [0.2, 0.25) is 0 Å². The maximum atomic E-state index is 13.3. The van der Waals surface area contributed by atoms with Crippen LogP contribution in [0, 0.1) is 0 Å². The number of benzene rings is 2. The van der Waals surface area contributed by atoms with Crippen molar-refractivity contribution in [1.82, 2.24) is 4.90 Å². The Morgan fingerprint density at radius 1 is 1.07 bits per heavy atom. The van der Waals surface area contributed by atoms with E-state index in [1.54, 1.807) is 6.07 Å². The van der Waals surface area contributed by atoms with Gasteiger partial charge < -0.3 is 19.7 Å². The van der Waals surface area contributed by atoms with Crippen molar-refractivity contribution in [2.75, 3.05) is 30.8 Å². The van der Waals surface area contributed by atoms with Crippen molar-refractivity contribution >= 4 is 29.3 Å². The zero-order valence-electron chi connectivity index (χ0n) is 16.0. The zero-order chi connectivity index (χ0) is 19.8. The molecule has 0 saturated carbocycles. The van der Waals surface area contributed by atoms with Gasteiger partial charge in [-0.05, 0) is 48.7 Å². The third kappa shape index (κ3) is 3.55. The molecule has 0 radical (unpaired) electrons. The molecule has 5 rings (SSSR count). The zero-order valence-corrected chi connectivity index (χ0v) is 16.8. The number of anilines is 1. The van der Waals surface area contributed by atoms with Crippen molar-refractivity contribution in [3.8, 4) is 11.5 Å². The SMILES string of the molecule is O=C1CSc2ccc(C(=O)N3CCC[C@H]3c3ccc4c(c3)OCCCO4)cc2N1. The van der Waals surface area contributed by atoms with Gasteiger partial charge in [0.1, 0.15) is 0 Å². The Balaban J connectivity index is 1.41. The molecule has 2 aromatic rings. The first-order valence-electron chi connectivity index (χ1n) is 9.96. The fraction of sp³-hybridized carbons (Fsp3) is 0.364. The van der Waals surface area contributed by atoms with E-state index in [9.17, 15) is 9.59 Å². The molecular formula is C22H22N2O4S. The van der Waals surface area contributed by atoms with Gasteiger partial charge in [-0.3, -0.25) is 9.59 Å². The Hall–Kier alpha value is -2.67. The van der Waals surface area contributed by atoms with E-state index in [2.05, 4.69) is 5.32 Å². The molecule has 0 bridgehead atoms. The summed E-state index contributed by atoms with van der Waals surface area (Å²) in [4.78, 5) is 27.9. The minimum atomic E-state index is -0.0293. The molecule has 3 aliphatic rings. The van der Waals surface area contributed by atoms with E-state index >= 15 is 0 Å². The highest BCUT2D eigenvalue weighted by molar-refractivity contribution is 8.00. The van der Waals surface area contributed by atoms with Crippen molar-refractivity contribution in [3.05, 3.63) is 47.5 Å². The van der Waals surface area contributed by atoms with Gasteiger partial charge in [-0.25, -0.2) is 0 Å². The normalized spacial score (nSPS) is 20.6. The molecule has 3 aliphatic heterocycles. The maximum Gasteiger partial charge on any atom is 0.254 e. The van der Waals surface area contributed by atoms with Crippen LogP contribution in [0.25, 0.3) is 0 Å². The minimum Gasteiger partial charge on any atom is -0.490 e. The second-order valence-electron chi connectivity index (χ2n) is 7.46. The van der Waals surface area contributed by atoms with Gasteiger partial charge in [0.2, 0.25) is 5.91 Å². The Labute approximate surface area is 173 Å². The molecule has 1 saturated heterocycles. The lowest BCUT2D eigenvalue weighted by molar-refractivity contribution is -0.113. The number of hydrogen-bond donors (Lipinski definition) is 1. The van der Waals surface area contributed by atoms with Crippen LogP contribution in [0.3, 0.4) is 0 Å². The molecule has 2 amide bonds. The second kappa shape index (κ2) is 7.63. The van der Waals surface area contributed by atoms with E-state index in [4.69, 9.17) is 9.47 Å². The van der Waals surface area contributed by atoms with Gasteiger partial charge in [-0.1, -0.05) is 6.07 Å². The molecule has 1 N–H and O–H groups in total. The molecular weight excluding hydrogens is 388 g/mol. The van der Waals surface area contributed by atoms with Crippen LogP contribution in [-0.4, -0.2) is 42.2 Å². The van der Waals surface area contributed by atoms with Crippen molar-refractivity contribution in [3.63, 3.8) is 0 Å². The van der Waals surface area contributed by atoms with Crippen LogP contribution in [0.4, 0.5) is 5.69 Å². The quantitative estimate of drug-likeness (QED) is 0.814. The number of ether oxygens (including phenoxy) is 2. The molecule has 6 nitrogen and oxygen atoms in total. The monoisotopic (exact) mass is 410 g/mol. The molecule has 0 aliphatic carbocycles. The van der Waals surface area contributed by atoms with E-state index in [0.29, 0.717) is 24.5 Å². The number of nitrogens with one attached hydrogen (secondary N) is 1. The Bertz CT molecular complexity index is 977. The van der Waals surface area contributed by atoms with Gasteiger partial charge in [-0.2, -0.15) is 0 Å². The number of carbonyl (C=O) groups is 2. The highest BCUT2D eigenvalue weighted by Crippen LogP contribution is 2.39. The molecule has 0 spiro atoms. The van der Waals surface area contributed by atoms with Gasteiger partial charge in [0, 0.05) is 23.4 Å². The van der Waals surface area contributed by atoms with Gasteiger partial charge in [-0.15, -0.1) is 11.8 Å². The number of hydrogen-bond acceptors (Lipinski definition) is 5. The first-order chi connectivity index (χ1) is 14.2. The lowest BCUT2D eigenvalue weighted by Gasteiger charge is -2.26. The molecule has 150 valence electrons. The number of thioether (sulfide) groups is 1. The molecule has 29 heavy (non-hydrogen) atoms. The molecule has 7 heteroatoms. The molecule has 0 unspecified atom stereocenters. The Morgan fingerprint density at radius 3 is 2.83 bits per heavy atom. The summed E-state index contributed by atoms with van der Waals surface area (Å²) in [7, 11) is 0. The van der Waals surface area contributed by atoms with Crippen LogP contribution in [-0.2, 0) is 4.79 Å². The second-order valence-corrected chi connectivity index (χ2v) is 8.48. The maximum absolute atomic E-state index is 13.3. The lowest BCUT2D eigenvalue weighted by Crippen LogP contribution is -2.31. The van der Waals surface area contributed by atoms with Crippen LogP contribution in [0.1, 0.15) is 41.2 Å². The number of carbonyl (C=O) groups excluding carboxylic acids is 2. The third-order valence-electron chi connectivity index (χ3n) is 5.53. The standard InChI is InChI=1S/C22H22N2O4S/c25-21-13-29-20-7-5-15(11-16(20)23-21)22(26)24-8-1-3-17(24)14-4-6-18-19(12-14)28-10-2-9-27-18/h4-7,11-12,17H,1-3,8-10,13H2,(H,23,25)/t17-/m0/s1. The predicted molar refractivity (Wildman–Crippen MR) is 111 cm³/mol. The predicted octanol–water partition coefficient (Wildman–Crippen LogP) is 3.87. The highest BCUT2D eigenvalue weighted by Gasteiger charge is 2.32. The number of rotatable bonds is 2. The Kier molecular flexibility index (Phi) is 4.83. The number of nitrogens with zero attached hydrogens (tertiary/aromatic N) is 1. The average molecular weight is 410 g/mol. The van der Waals surface area contributed by atoms with Crippen molar-refractivity contribution in [1.29, 1.82) is 0 Å². The van der Waals surface area contributed by atoms with Crippen molar-refractivity contribution in [2.24, 2.45) is 0 Å². The first-order valence-corrected chi connectivity index (χ1v) is 10.9. The summed E-state index contributed by atoms with van der Waals surface area (Å²) in [5.74, 6) is 1.90. The average Bonchev–Trinajstić information content (AvgIpc) is 3.11. The van der Waals surface area contributed by atoms with E-state index in [1.165, 1.54) is 11.8 Å². The van der Waals surface area contributed by atoms with Gasteiger partial charge in [0.15, 0.2) is 11.5 Å². The van der Waals surface area contributed by atoms with Crippen LogP contribution >= 0.6 is 11.8 Å². The lowest BCUT2D eigenvalue weighted by atomic mass is 10.0. The van der Waals surface area contributed by atoms with Gasteiger partial charge >= 0.3 is 0 Å². The summed E-state index contributed by atoms with van der Waals surface area (Å²) in [5.41, 5.74) is 2.40. The summed E-state index contributed by atoms with van der Waals surface area (Å²) in [6.07, 6.45) is 2.75. The molecule has 3 heterocycles. The fourth-order valence-corrected chi connectivity index (χ4v) is 4.91. The van der Waals surface area contributed by atoms with Crippen molar-refractivity contribution in [2.45, 2.75) is 30.2 Å². The summed E-state index contributed by atoms with van der Waals surface area (Å²) >= 11 is 1.50. The third-order valence-corrected chi connectivity index (χ3v) is 6.60. The number of amides is 2. The first kappa shape index (κ1) is 18.4. The highest BCUT2D eigenvalue weighted by atomic mass is 32.2. The summed E-state index contributed by atoms with van der Waals surface area (Å²) < 4.78 is 11.6. The molecule has 0 aromatic heterocycles. The minimum absolute atomic E-state index is 0.00719. The van der Waals surface area contributed by atoms with E-state index < -0.39 is 0 Å². The van der Waals surface area contributed by atoms with Crippen molar-refractivity contribution < 1.29 is 19.1 Å². The fourth-order valence-electron chi connectivity index (χ4n) is 4.13. The smallest absolute Gasteiger partial charge is 0.254 e. The van der Waals surface area contributed by atoms with Gasteiger partial charge in [0.05, 0.1) is 30.7 Å². The summed E-state index contributed by atoms with van der Waals surface area (Å²) in [5, 5.41) is 2.87. The summed E-state index contributed by atoms with van der Waals surface area (Å²) in [6, 6.07) is 11.6. The van der Waals surface area contributed by atoms with Crippen LogP contribution < -0.4 is 14.8 Å². The molecule has 1 fully saturated rings. The Morgan fingerprint density at radius 2 is 1.93 bits per heavy atom.